The molecule has 3 aromatic carbocycles. The summed E-state index contributed by atoms with van der Waals surface area (Å²) in [7, 11) is 1.39. The van der Waals surface area contributed by atoms with Gasteiger partial charge in [-0.1, -0.05) is 54.6 Å². The van der Waals surface area contributed by atoms with Crippen molar-refractivity contribution in [1.29, 1.82) is 0 Å². The molecule has 0 saturated carbocycles. The molecule has 0 bridgehead atoms. The largest absolute Gasteiger partial charge is 0.465 e. The molecule has 2 aliphatic rings. The monoisotopic (exact) mass is 388 g/mol. The fraction of sp³-hybridized carbons (Fsp3) is 0.240. The van der Waals surface area contributed by atoms with Crippen LogP contribution in [0.5, 0.6) is 0 Å². The van der Waals surface area contributed by atoms with Crippen molar-refractivity contribution in [1.82, 2.24) is 0 Å². The predicted octanol–water partition coefficient (Wildman–Crippen LogP) is 6.22. The lowest BCUT2D eigenvalue weighted by Crippen LogP contribution is -2.03. The third kappa shape index (κ3) is 3.85. The van der Waals surface area contributed by atoms with Gasteiger partial charge in [0.15, 0.2) is 0 Å². The third-order valence-electron chi connectivity index (χ3n) is 5.42. The van der Waals surface area contributed by atoms with Crippen LogP contribution in [0.1, 0.15) is 24.0 Å². The summed E-state index contributed by atoms with van der Waals surface area (Å²) in [4.78, 5) is 10.8. The first kappa shape index (κ1) is 18.8. The summed E-state index contributed by atoms with van der Waals surface area (Å²) in [5.41, 5.74) is 3.83. The molecule has 142 valence electrons. The number of carbonyl (C=O) groups is 1. The van der Waals surface area contributed by atoms with Crippen LogP contribution < -0.4 is 0 Å². The standard InChI is InChI=1S/C18H16.C7H8O2S/c1-3-7-15-13(5-1)9-11-18-16-8-4-2-6-14(16)10-12-17(15)18;1-9-7(8)6-2-4-10-5-3-6/h1,3,5,7,9-12H,2,4,6,8H2;2-4H,5H2,1H3. The van der Waals surface area contributed by atoms with E-state index in [0.29, 0.717) is 5.57 Å². The van der Waals surface area contributed by atoms with E-state index in [1.807, 2.05) is 11.5 Å². The number of thioether (sulfide) groups is 1. The Hall–Kier alpha value is -2.52. The van der Waals surface area contributed by atoms with Gasteiger partial charge in [-0.15, -0.1) is 11.8 Å². The Morgan fingerprint density at radius 1 is 0.929 bits per heavy atom. The van der Waals surface area contributed by atoms with Gasteiger partial charge in [0.05, 0.1) is 12.7 Å². The molecule has 1 heterocycles. The first-order valence-corrected chi connectivity index (χ1v) is 10.8. The summed E-state index contributed by atoms with van der Waals surface area (Å²) < 4.78 is 4.52. The summed E-state index contributed by atoms with van der Waals surface area (Å²) in [5.74, 6) is 0.609. The summed E-state index contributed by atoms with van der Waals surface area (Å²) in [5, 5.41) is 7.54. The maximum Gasteiger partial charge on any atom is 0.337 e. The van der Waals surface area contributed by atoms with E-state index < -0.39 is 0 Å². The molecular formula is C25H24O2S. The van der Waals surface area contributed by atoms with Gasteiger partial charge in [0.2, 0.25) is 0 Å². The number of benzene rings is 3. The molecule has 28 heavy (non-hydrogen) atoms. The number of methoxy groups -OCH3 is 1. The van der Waals surface area contributed by atoms with Gasteiger partial charge >= 0.3 is 5.97 Å². The third-order valence-corrected chi connectivity index (χ3v) is 6.11. The van der Waals surface area contributed by atoms with Crippen molar-refractivity contribution in [3.05, 3.63) is 82.8 Å². The van der Waals surface area contributed by atoms with Crippen LogP contribution in [0.2, 0.25) is 0 Å². The summed E-state index contributed by atoms with van der Waals surface area (Å²) in [6.45, 7) is 0. The molecule has 0 amide bonds. The van der Waals surface area contributed by atoms with Crippen LogP contribution in [0.4, 0.5) is 0 Å². The summed E-state index contributed by atoms with van der Waals surface area (Å²) >= 11 is 1.66. The van der Waals surface area contributed by atoms with Gasteiger partial charge < -0.3 is 4.74 Å². The number of rotatable bonds is 1. The Morgan fingerprint density at radius 3 is 2.57 bits per heavy atom. The van der Waals surface area contributed by atoms with Crippen LogP contribution in [0, 0.1) is 0 Å². The highest BCUT2D eigenvalue weighted by atomic mass is 32.2. The second-order valence-electron chi connectivity index (χ2n) is 7.08. The number of hydrogen-bond donors (Lipinski definition) is 0. The van der Waals surface area contributed by atoms with Crippen molar-refractivity contribution in [2.24, 2.45) is 0 Å². The molecule has 0 unspecified atom stereocenters. The van der Waals surface area contributed by atoms with Crippen LogP contribution in [-0.2, 0) is 22.4 Å². The minimum absolute atomic E-state index is 0.253. The van der Waals surface area contributed by atoms with Crippen LogP contribution in [0.15, 0.2) is 71.7 Å². The van der Waals surface area contributed by atoms with E-state index in [1.165, 1.54) is 54.3 Å². The van der Waals surface area contributed by atoms with Gasteiger partial charge in [-0.2, -0.15) is 0 Å². The van der Waals surface area contributed by atoms with Crippen molar-refractivity contribution in [3.8, 4) is 0 Å². The predicted molar refractivity (Wildman–Crippen MR) is 120 cm³/mol. The van der Waals surface area contributed by atoms with Gasteiger partial charge in [0.1, 0.15) is 0 Å². The first-order chi connectivity index (χ1) is 13.8. The summed E-state index contributed by atoms with van der Waals surface area (Å²) in [6, 6.07) is 18.0. The second kappa shape index (κ2) is 8.66. The fourth-order valence-corrected chi connectivity index (χ4v) is 4.62. The zero-order chi connectivity index (χ0) is 19.3. The topological polar surface area (TPSA) is 26.3 Å². The van der Waals surface area contributed by atoms with Gasteiger partial charge in [0.25, 0.3) is 0 Å². The molecule has 0 aromatic heterocycles. The molecule has 0 saturated heterocycles. The lowest BCUT2D eigenvalue weighted by molar-refractivity contribution is -0.135. The lowest BCUT2D eigenvalue weighted by atomic mass is 9.86. The van der Waals surface area contributed by atoms with E-state index in [-0.39, 0.29) is 5.97 Å². The molecule has 0 N–H and O–H groups in total. The zero-order valence-electron chi connectivity index (χ0n) is 16.1. The van der Waals surface area contributed by atoms with Crippen LogP contribution in [0.3, 0.4) is 0 Å². The number of esters is 1. The Kier molecular flexibility index (Phi) is 5.82. The molecule has 1 aliphatic heterocycles. The van der Waals surface area contributed by atoms with Crippen LogP contribution in [0.25, 0.3) is 21.5 Å². The van der Waals surface area contributed by atoms with Crippen LogP contribution >= 0.6 is 11.8 Å². The average molecular weight is 389 g/mol. The fourth-order valence-electron chi connectivity index (χ4n) is 3.99. The highest BCUT2D eigenvalue weighted by Crippen LogP contribution is 2.33. The zero-order valence-corrected chi connectivity index (χ0v) is 16.9. The number of aryl methyl sites for hydroxylation is 2. The minimum atomic E-state index is -0.253. The molecule has 3 heteroatoms. The van der Waals surface area contributed by atoms with Gasteiger partial charge in [-0.05, 0) is 69.8 Å². The van der Waals surface area contributed by atoms with Crippen molar-refractivity contribution in [2.75, 3.05) is 12.9 Å². The maximum atomic E-state index is 10.8. The average Bonchev–Trinajstić information content (AvgIpc) is 2.79. The minimum Gasteiger partial charge on any atom is -0.465 e. The molecule has 1 aliphatic carbocycles. The van der Waals surface area contributed by atoms with E-state index >= 15 is 0 Å². The lowest BCUT2D eigenvalue weighted by Gasteiger charge is -2.18. The molecule has 0 atom stereocenters. The van der Waals surface area contributed by atoms with Gasteiger partial charge in [0, 0.05) is 5.75 Å². The van der Waals surface area contributed by atoms with Crippen molar-refractivity contribution in [3.63, 3.8) is 0 Å². The number of carbonyl (C=O) groups excluding carboxylic acids is 1. The molecule has 2 nitrogen and oxygen atoms in total. The van der Waals surface area contributed by atoms with E-state index in [1.54, 1.807) is 29.0 Å². The number of fused-ring (bicyclic) bond motifs is 5. The van der Waals surface area contributed by atoms with Crippen LogP contribution in [-0.4, -0.2) is 18.8 Å². The highest BCUT2D eigenvalue weighted by Gasteiger charge is 2.13. The second-order valence-corrected chi connectivity index (χ2v) is 8.02. The molecular weight excluding hydrogens is 364 g/mol. The highest BCUT2D eigenvalue weighted by molar-refractivity contribution is 8.02. The maximum absolute atomic E-state index is 10.8. The Bertz CT molecular complexity index is 1080. The Balaban J connectivity index is 0.000000165. The Morgan fingerprint density at radius 2 is 1.75 bits per heavy atom. The first-order valence-electron chi connectivity index (χ1n) is 9.77. The van der Waals surface area contributed by atoms with Gasteiger partial charge in [-0.25, -0.2) is 4.79 Å². The van der Waals surface area contributed by atoms with E-state index in [0.717, 1.165) is 5.75 Å². The molecule has 0 fully saturated rings. The van der Waals surface area contributed by atoms with Gasteiger partial charge in [-0.3, -0.25) is 0 Å². The molecule has 3 aromatic rings. The number of hydrogen-bond acceptors (Lipinski definition) is 3. The van der Waals surface area contributed by atoms with Crippen molar-refractivity contribution >= 4 is 39.3 Å². The SMILES string of the molecule is COC(=O)C1=CCSC=C1.c1ccc2c(c1)ccc1c3c(ccc12)CCCC3. The van der Waals surface area contributed by atoms with E-state index in [4.69, 9.17) is 0 Å². The number of ether oxygens (including phenoxy) is 1. The Labute approximate surface area is 170 Å². The summed E-state index contributed by atoms with van der Waals surface area (Å²) in [6.07, 6.45) is 8.84. The van der Waals surface area contributed by atoms with Crippen molar-refractivity contribution < 1.29 is 9.53 Å². The van der Waals surface area contributed by atoms with E-state index in [9.17, 15) is 4.79 Å². The smallest absolute Gasteiger partial charge is 0.337 e. The normalized spacial score (nSPS) is 15.4. The molecule has 0 radical (unpaired) electrons. The molecule has 5 rings (SSSR count). The van der Waals surface area contributed by atoms with E-state index in [2.05, 4.69) is 53.3 Å². The quantitative estimate of drug-likeness (QED) is 0.366. The molecule has 0 spiro atoms. The van der Waals surface area contributed by atoms with Crippen molar-refractivity contribution in [2.45, 2.75) is 25.7 Å².